The van der Waals surface area contributed by atoms with E-state index in [0.29, 0.717) is 18.1 Å². The van der Waals surface area contributed by atoms with E-state index in [1.54, 1.807) is 28.5 Å². The molecule has 1 saturated heterocycles. The number of benzene rings is 1. The number of thioether (sulfide) groups is 1. The molecule has 2 aromatic rings. The molecule has 3 rings (SSSR count). The summed E-state index contributed by atoms with van der Waals surface area (Å²) in [6.45, 7) is 4.18. The maximum atomic E-state index is 12.6. The fraction of sp³-hybridized carbons (Fsp3) is 0.167. The zero-order chi connectivity index (χ0) is 16.8. The monoisotopic (exact) mass is 355 g/mol. The van der Waals surface area contributed by atoms with Crippen LogP contribution in [0.15, 0.2) is 70.7 Å². The Kier molecular flexibility index (Phi) is 5.61. The van der Waals surface area contributed by atoms with Crippen molar-refractivity contribution in [2.24, 2.45) is 10.2 Å². The van der Waals surface area contributed by atoms with Gasteiger partial charge >= 0.3 is 0 Å². The van der Waals surface area contributed by atoms with Crippen molar-refractivity contribution in [1.29, 1.82) is 0 Å². The van der Waals surface area contributed by atoms with Crippen LogP contribution in [0.4, 0.5) is 0 Å². The highest BCUT2D eigenvalue weighted by atomic mass is 32.2. The van der Waals surface area contributed by atoms with Gasteiger partial charge in [0.15, 0.2) is 5.17 Å². The summed E-state index contributed by atoms with van der Waals surface area (Å²) in [6, 6.07) is 14.0. The molecule has 1 amide bonds. The Labute approximate surface area is 149 Å². The van der Waals surface area contributed by atoms with Crippen molar-refractivity contribution >= 4 is 40.4 Å². The second-order valence-electron chi connectivity index (χ2n) is 5.18. The molecule has 1 aliphatic rings. The molecule has 24 heavy (non-hydrogen) atoms. The molecule has 1 aromatic carbocycles. The lowest BCUT2D eigenvalue weighted by atomic mass is 10.1. The van der Waals surface area contributed by atoms with Crippen molar-refractivity contribution in [2.45, 2.75) is 11.7 Å². The standard InChI is InChI=1S/C18H17N3OS2/c1-2-10-21-17(22)16(12-14-7-4-3-5-8-14)24-18(21)20-19-13-15-9-6-11-23-15/h2-9,11,13,16H,1,10,12H2/b19-13+,20-18+. The second kappa shape index (κ2) is 8.08. The molecule has 0 N–H and O–H groups in total. The van der Waals surface area contributed by atoms with Crippen molar-refractivity contribution in [1.82, 2.24) is 4.90 Å². The van der Waals surface area contributed by atoms with E-state index in [1.165, 1.54) is 11.8 Å². The Balaban J connectivity index is 1.75. The van der Waals surface area contributed by atoms with Crippen LogP contribution in [0.5, 0.6) is 0 Å². The summed E-state index contributed by atoms with van der Waals surface area (Å²) < 4.78 is 0. The van der Waals surface area contributed by atoms with E-state index < -0.39 is 0 Å². The molecule has 6 heteroatoms. The van der Waals surface area contributed by atoms with E-state index in [-0.39, 0.29) is 11.2 Å². The first kappa shape index (κ1) is 16.7. The molecule has 1 aromatic heterocycles. The highest BCUT2D eigenvalue weighted by molar-refractivity contribution is 8.15. The fourth-order valence-corrected chi connectivity index (χ4v) is 4.06. The van der Waals surface area contributed by atoms with Crippen molar-refractivity contribution in [3.8, 4) is 0 Å². The van der Waals surface area contributed by atoms with E-state index in [1.807, 2.05) is 47.8 Å². The first-order valence-corrected chi connectivity index (χ1v) is 9.31. The van der Waals surface area contributed by atoms with Crippen LogP contribution in [0.3, 0.4) is 0 Å². The van der Waals surface area contributed by atoms with Crippen LogP contribution in [0.1, 0.15) is 10.4 Å². The molecule has 122 valence electrons. The Bertz CT molecular complexity index is 754. The average Bonchev–Trinajstić information content (AvgIpc) is 3.20. The second-order valence-corrected chi connectivity index (χ2v) is 7.33. The molecule has 1 atom stereocenters. The smallest absolute Gasteiger partial charge is 0.242 e. The van der Waals surface area contributed by atoms with Crippen LogP contribution in [-0.2, 0) is 11.2 Å². The van der Waals surface area contributed by atoms with Gasteiger partial charge in [-0.1, -0.05) is 54.2 Å². The molecular formula is C18H17N3OS2. The predicted octanol–water partition coefficient (Wildman–Crippen LogP) is 3.81. The van der Waals surface area contributed by atoms with Crippen molar-refractivity contribution in [2.75, 3.05) is 6.54 Å². The number of carbonyl (C=O) groups is 1. The van der Waals surface area contributed by atoms with Crippen LogP contribution < -0.4 is 0 Å². The molecule has 1 fully saturated rings. The number of nitrogens with zero attached hydrogens (tertiary/aromatic N) is 3. The Morgan fingerprint density at radius 1 is 1.21 bits per heavy atom. The topological polar surface area (TPSA) is 45.0 Å². The van der Waals surface area contributed by atoms with Gasteiger partial charge in [-0.05, 0) is 23.4 Å². The van der Waals surface area contributed by atoms with E-state index >= 15 is 0 Å². The molecule has 0 aliphatic carbocycles. The first-order chi connectivity index (χ1) is 11.8. The maximum Gasteiger partial charge on any atom is 0.242 e. The molecule has 2 heterocycles. The molecule has 0 bridgehead atoms. The van der Waals surface area contributed by atoms with Gasteiger partial charge in [-0.2, -0.15) is 5.10 Å². The Morgan fingerprint density at radius 2 is 2.04 bits per heavy atom. The fourth-order valence-electron chi connectivity index (χ4n) is 2.34. The van der Waals surface area contributed by atoms with Gasteiger partial charge in [0, 0.05) is 11.4 Å². The number of hydrogen-bond donors (Lipinski definition) is 0. The van der Waals surface area contributed by atoms with Crippen molar-refractivity contribution in [3.63, 3.8) is 0 Å². The van der Waals surface area contributed by atoms with Gasteiger partial charge in [-0.15, -0.1) is 23.0 Å². The zero-order valence-corrected chi connectivity index (χ0v) is 14.7. The van der Waals surface area contributed by atoms with E-state index in [9.17, 15) is 4.79 Å². The predicted molar refractivity (Wildman–Crippen MR) is 103 cm³/mol. The van der Waals surface area contributed by atoms with E-state index in [0.717, 1.165) is 10.4 Å². The van der Waals surface area contributed by atoms with E-state index in [2.05, 4.69) is 16.8 Å². The highest BCUT2D eigenvalue weighted by Gasteiger charge is 2.37. The third-order valence-electron chi connectivity index (χ3n) is 3.47. The highest BCUT2D eigenvalue weighted by Crippen LogP contribution is 2.30. The molecular weight excluding hydrogens is 338 g/mol. The van der Waals surface area contributed by atoms with Gasteiger partial charge in [0.1, 0.15) is 0 Å². The summed E-state index contributed by atoms with van der Waals surface area (Å²) in [7, 11) is 0. The summed E-state index contributed by atoms with van der Waals surface area (Å²) in [5.74, 6) is 0.0637. The Morgan fingerprint density at radius 3 is 2.75 bits per heavy atom. The number of hydrogen-bond acceptors (Lipinski definition) is 5. The van der Waals surface area contributed by atoms with Gasteiger partial charge < -0.3 is 0 Å². The van der Waals surface area contributed by atoms with Gasteiger partial charge in [0.2, 0.25) is 5.91 Å². The minimum absolute atomic E-state index is 0.0637. The van der Waals surface area contributed by atoms with Crippen LogP contribution in [0.25, 0.3) is 0 Å². The van der Waals surface area contributed by atoms with Crippen LogP contribution in [0.2, 0.25) is 0 Å². The van der Waals surface area contributed by atoms with Gasteiger partial charge in [0.25, 0.3) is 0 Å². The lowest BCUT2D eigenvalue weighted by Gasteiger charge is -2.12. The van der Waals surface area contributed by atoms with Gasteiger partial charge in [-0.25, -0.2) is 0 Å². The average molecular weight is 355 g/mol. The SMILES string of the molecule is C=CCN1C(=O)C(Cc2ccccc2)S/C1=N/N=C/c1cccs1. The lowest BCUT2D eigenvalue weighted by molar-refractivity contribution is -0.125. The Hall–Kier alpha value is -2.18. The summed E-state index contributed by atoms with van der Waals surface area (Å²) in [5.41, 5.74) is 1.14. The molecule has 4 nitrogen and oxygen atoms in total. The molecule has 1 unspecified atom stereocenters. The lowest BCUT2D eigenvalue weighted by Crippen LogP contribution is -2.32. The number of amides is 1. The van der Waals surface area contributed by atoms with Crippen LogP contribution in [0, 0.1) is 0 Å². The summed E-state index contributed by atoms with van der Waals surface area (Å²) in [4.78, 5) is 15.3. The zero-order valence-electron chi connectivity index (χ0n) is 13.0. The number of thiophene rings is 1. The molecule has 0 radical (unpaired) electrons. The minimum Gasteiger partial charge on any atom is -0.285 e. The number of rotatable bonds is 6. The summed E-state index contributed by atoms with van der Waals surface area (Å²) in [6.07, 6.45) is 4.10. The van der Waals surface area contributed by atoms with Crippen LogP contribution in [-0.4, -0.2) is 34.0 Å². The quantitative estimate of drug-likeness (QED) is 0.449. The summed E-state index contributed by atoms with van der Waals surface area (Å²) in [5, 5.41) is 10.8. The first-order valence-electron chi connectivity index (χ1n) is 7.55. The third kappa shape index (κ3) is 4.01. The van der Waals surface area contributed by atoms with Gasteiger partial charge in [-0.3, -0.25) is 9.69 Å². The molecule has 0 spiro atoms. The molecule has 0 saturated carbocycles. The van der Waals surface area contributed by atoms with E-state index in [4.69, 9.17) is 0 Å². The largest absolute Gasteiger partial charge is 0.285 e. The normalized spacial score (nSPS) is 19.5. The van der Waals surface area contributed by atoms with Gasteiger partial charge in [0.05, 0.1) is 11.5 Å². The third-order valence-corrected chi connectivity index (χ3v) is 5.44. The maximum absolute atomic E-state index is 12.6. The van der Waals surface area contributed by atoms with Crippen LogP contribution >= 0.6 is 23.1 Å². The number of carbonyl (C=O) groups excluding carboxylic acids is 1. The molecule has 1 aliphatic heterocycles. The van der Waals surface area contributed by atoms with Crippen molar-refractivity contribution in [3.05, 3.63) is 70.9 Å². The number of amidine groups is 1. The van der Waals surface area contributed by atoms with Crippen molar-refractivity contribution < 1.29 is 4.79 Å². The summed E-state index contributed by atoms with van der Waals surface area (Å²) >= 11 is 3.06. The minimum atomic E-state index is -0.164.